The molecule has 0 aromatic carbocycles. The number of nitrogen functional groups attached to an aromatic ring is 1. The Morgan fingerprint density at radius 1 is 1.35 bits per heavy atom. The first-order valence-electron chi connectivity index (χ1n) is 6.35. The maximum atomic E-state index is 5.74. The van der Waals surface area contributed by atoms with Crippen molar-refractivity contribution in [3.05, 3.63) is 11.9 Å². The number of aryl methyl sites for hydroxylation is 1. The molecule has 0 bridgehead atoms. The molecule has 0 amide bonds. The molecule has 3 N–H and O–H groups in total. The van der Waals surface area contributed by atoms with Crippen LogP contribution >= 0.6 is 0 Å². The average Bonchev–Trinajstić information content (AvgIpc) is 2.19. The van der Waals surface area contributed by atoms with Crippen molar-refractivity contribution in [2.45, 2.75) is 52.5 Å². The Hall–Kier alpha value is -1.32. The van der Waals surface area contributed by atoms with Crippen molar-refractivity contribution >= 4 is 11.6 Å². The number of nitrogens with one attached hydrogen (secondary N) is 1. The van der Waals surface area contributed by atoms with Gasteiger partial charge in [0.05, 0.1) is 0 Å². The lowest BCUT2D eigenvalue weighted by Gasteiger charge is -2.39. The summed E-state index contributed by atoms with van der Waals surface area (Å²) in [7, 11) is 0. The van der Waals surface area contributed by atoms with E-state index in [4.69, 9.17) is 5.73 Å². The fraction of sp³-hybridized carbons (Fsp3) is 0.692. The summed E-state index contributed by atoms with van der Waals surface area (Å²) in [4.78, 5) is 8.48. The van der Waals surface area contributed by atoms with Crippen LogP contribution in [0.15, 0.2) is 6.07 Å². The molecule has 4 heteroatoms. The summed E-state index contributed by atoms with van der Waals surface area (Å²) < 4.78 is 0. The molecule has 0 radical (unpaired) electrons. The van der Waals surface area contributed by atoms with E-state index in [1.807, 2.05) is 13.0 Å². The van der Waals surface area contributed by atoms with E-state index >= 15 is 0 Å². The molecule has 0 saturated heterocycles. The maximum absolute atomic E-state index is 5.74. The van der Waals surface area contributed by atoms with Crippen LogP contribution < -0.4 is 11.1 Å². The standard InChI is InChI=1S/C13H22N4/c1-9-15-11(14)8-12(16-9)17-10-6-4-5-7-13(10,2)3/h8,10H,4-7H2,1-3H3,(H3,14,15,16,17). The minimum Gasteiger partial charge on any atom is -0.384 e. The third kappa shape index (κ3) is 2.87. The minimum atomic E-state index is 0.325. The molecule has 1 atom stereocenters. The molecular weight excluding hydrogens is 212 g/mol. The molecule has 1 heterocycles. The van der Waals surface area contributed by atoms with Crippen molar-refractivity contribution in [3.63, 3.8) is 0 Å². The quantitative estimate of drug-likeness (QED) is 0.826. The Morgan fingerprint density at radius 3 is 2.76 bits per heavy atom. The predicted octanol–water partition coefficient (Wildman–Crippen LogP) is 2.75. The van der Waals surface area contributed by atoms with Gasteiger partial charge in [0.25, 0.3) is 0 Å². The van der Waals surface area contributed by atoms with E-state index in [0.29, 0.717) is 17.3 Å². The second-order valence-corrected chi connectivity index (χ2v) is 5.66. The zero-order valence-electron chi connectivity index (χ0n) is 11.0. The van der Waals surface area contributed by atoms with Crippen molar-refractivity contribution in [1.29, 1.82) is 0 Å². The molecule has 94 valence electrons. The van der Waals surface area contributed by atoms with Gasteiger partial charge in [-0.25, -0.2) is 9.97 Å². The molecule has 1 aromatic heterocycles. The van der Waals surface area contributed by atoms with Crippen molar-refractivity contribution in [2.24, 2.45) is 5.41 Å². The van der Waals surface area contributed by atoms with Gasteiger partial charge in [-0.15, -0.1) is 0 Å². The molecule has 1 aromatic rings. The zero-order valence-corrected chi connectivity index (χ0v) is 11.0. The van der Waals surface area contributed by atoms with Gasteiger partial charge in [-0.3, -0.25) is 0 Å². The molecule has 1 fully saturated rings. The summed E-state index contributed by atoms with van der Waals surface area (Å²) in [5.74, 6) is 2.12. The lowest BCUT2D eigenvalue weighted by atomic mass is 9.73. The highest BCUT2D eigenvalue weighted by Gasteiger charge is 2.32. The molecule has 0 spiro atoms. The van der Waals surface area contributed by atoms with Crippen LogP contribution in [-0.2, 0) is 0 Å². The molecule has 17 heavy (non-hydrogen) atoms. The van der Waals surface area contributed by atoms with Crippen molar-refractivity contribution in [3.8, 4) is 0 Å². The number of hydrogen-bond acceptors (Lipinski definition) is 4. The van der Waals surface area contributed by atoms with Crippen LogP contribution in [0.1, 0.15) is 45.4 Å². The van der Waals surface area contributed by atoms with Gasteiger partial charge in [-0.1, -0.05) is 26.7 Å². The predicted molar refractivity (Wildman–Crippen MR) is 70.8 cm³/mol. The molecule has 1 unspecified atom stereocenters. The lowest BCUT2D eigenvalue weighted by molar-refractivity contribution is 0.216. The number of anilines is 2. The van der Waals surface area contributed by atoms with Gasteiger partial charge in [0.15, 0.2) is 0 Å². The number of aromatic nitrogens is 2. The fourth-order valence-corrected chi connectivity index (χ4v) is 2.60. The van der Waals surface area contributed by atoms with Gasteiger partial charge >= 0.3 is 0 Å². The van der Waals surface area contributed by atoms with Crippen LogP contribution in [0.3, 0.4) is 0 Å². The first-order valence-corrected chi connectivity index (χ1v) is 6.35. The van der Waals surface area contributed by atoms with Gasteiger partial charge in [-0.05, 0) is 25.2 Å². The minimum absolute atomic E-state index is 0.325. The van der Waals surface area contributed by atoms with Crippen LogP contribution in [0.5, 0.6) is 0 Å². The van der Waals surface area contributed by atoms with Crippen molar-refractivity contribution in [2.75, 3.05) is 11.1 Å². The zero-order chi connectivity index (χ0) is 12.5. The largest absolute Gasteiger partial charge is 0.384 e. The number of rotatable bonds is 2. The molecule has 1 saturated carbocycles. The molecule has 1 aliphatic carbocycles. The molecule has 4 nitrogen and oxygen atoms in total. The monoisotopic (exact) mass is 234 g/mol. The lowest BCUT2D eigenvalue weighted by Crippen LogP contribution is -2.39. The number of hydrogen-bond donors (Lipinski definition) is 2. The Labute approximate surface area is 103 Å². The van der Waals surface area contributed by atoms with Gasteiger partial charge in [0, 0.05) is 12.1 Å². The third-order valence-electron chi connectivity index (χ3n) is 3.69. The highest BCUT2D eigenvalue weighted by Crippen LogP contribution is 2.37. The molecule has 1 aliphatic rings. The summed E-state index contributed by atoms with van der Waals surface area (Å²) in [6.07, 6.45) is 5.09. The van der Waals surface area contributed by atoms with Crippen LogP contribution in [-0.4, -0.2) is 16.0 Å². The summed E-state index contributed by atoms with van der Waals surface area (Å²) >= 11 is 0. The maximum Gasteiger partial charge on any atom is 0.132 e. The summed E-state index contributed by atoms with van der Waals surface area (Å²) in [6.45, 7) is 6.51. The Balaban J connectivity index is 2.14. The molecular formula is C13H22N4. The van der Waals surface area contributed by atoms with E-state index in [2.05, 4.69) is 29.1 Å². The number of nitrogens with two attached hydrogens (primary N) is 1. The van der Waals surface area contributed by atoms with E-state index < -0.39 is 0 Å². The first kappa shape index (κ1) is 12.1. The second-order valence-electron chi connectivity index (χ2n) is 5.66. The van der Waals surface area contributed by atoms with Gasteiger partial charge < -0.3 is 11.1 Å². The smallest absolute Gasteiger partial charge is 0.132 e. The van der Waals surface area contributed by atoms with Crippen LogP contribution in [0, 0.1) is 12.3 Å². The van der Waals surface area contributed by atoms with Crippen LogP contribution in [0.4, 0.5) is 11.6 Å². The highest BCUT2D eigenvalue weighted by atomic mass is 15.1. The summed E-state index contributed by atoms with van der Waals surface area (Å²) in [5.41, 5.74) is 6.07. The van der Waals surface area contributed by atoms with Crippen LogP contribution in [0.25, 0.3) is 0 Å². The van der Waals surface area contributed by atoms with Crippen molar-refractivity contribution in [1.82, 2.24) is 9.97 Å². The third-order valence-corrected chi connectivity index (χ3v) is 3.69. The van der Waals surface area contributed by atoms with Crippen molar-refractivity contribution < 1.29 is 0 Å². The first-order chi connectivity index (χ1) is 7.97. The van der Waals surface area contributed by atoms with E-state index in [9.17, 15) is 0 Å². The summed E-state index contributed by atoms with van der Waals surface area (Å²) in [5, 5.41) is 3.52. The Kier molecular flexibility index (Phi) is 3.22. The highest BCUT2D eigenvalue weighted by molar-refractivity contribution is 5.45. The van der Waals surface area contributed by atoms with Gasteiger partial charge in [0.2, 0.25) is 0 Å². The molecule has 0 aliphatic heterocycles. The Morgan fingerprint density at radius 2 is 2.12 bits per heavy atom. The Bertz CT molecular complexity index is 380. The molecule has 2 rings (SSSR count). The fourth-order valence-electron chi connectivity index (χ4n) is 2.60. The normalized spacial score (nSPS) is 23.4. The van der Waals surface area contributed by atoms with Gasteiger partial charge in [-0.2, -0.15) is 0 Å². The van der Waals surface area contributed by atoms with Gasteiger partial charge in [0.1, 0.15) is 17.5 Å². The van der Waals surface area contributed by atoms with Crippen LogP contribution in [0.2, 0.25) is 0 Å². The second kappa shape index (κ2) is 4.51. The van der Waals surface area contributed by atoms with E-state index in [1.165, 1.54) is 25.7 Å². The SMILES string of the molecule is Cc1nc(N)cc(NC2CCCCC2(C)C)n1. The van der Waals surface area contributed by atoms with E-state index in [-0.39, 0.29) is 0 Å². The topological polar surface area (TPSA) is 63.8 Å². The average molecular weight is 234 g/mol. The van der Waals surface area contributed by atoms with E-state index in [1.54, 1.807) is 0 Å². The van der Waals surface area contributed by atoms with E-state index in [0.717, 1.165) is 11.6 Å². The summed E-state index contributed by atoms with van der Waals surface area (Å²) in [6, 6.07) is 2.29. The number of nitrogens with zero attached hydrogens (tertiary/aromatic N) is 2.